The van der Waals surface area contributed by atoms with Crippen molar-refractivity contribution >= 4 is 11.8 Å². The van der Waals surface area contributed by atoms with Crippen LogP contribution in [0.1, 0.15) is 31.9 Å². The molecule has 0 radical (unpaired) electrons. The van der Waals surface area contributed by atoms with Gasteiger partial charge in [-0.1, -0.05) is 44.2 Å². The van der Waals surface area contributed by atoms with Gasteiger partial charge in [-0.2, -0.15) is 11.8 Å². The molecule has 2 rings (SSSR count). The van der Waals surface area contributed by atoms with E-state index in [-0.39, 0.29) is 0 Å². The average molecular weight is 221 g/mol. The van der Waals surface area contributed by atoms with Crippen LogP contribution < -0.4 is 5.32 Å². The SMILES string of the molecule is CC1CCNC(c2ccccc2)C(C)S1. The van der Waals surface area contributed by atoms with E-state index in [0.717, 1.165) is 11.8 Å². The van der Waals surface area contributed by atoms with Crippen LogP contribution in [-0.2, 0) is 0 Å². The molecule has 82 valence electrons. The van der Waals surface area contributed by atoms with Crippen molar-refractivity contribution in [3.05, 3.63) is 35.9 Å². The number of thioether (sulfide) groups is 1. The molecule has 1 aromatic rings. The molecule has 0 spiro atoms. The molecule has 2 heteroatoms. The first-order valence-corrected chi connectivity index (χ1v) is 6.65. The van der Waals surface area contributed by atoms with Crippen LogP contribution in [0, 0.1) is 0 Å². The van der Waals surface area contributed by atoms with Crippen LogP contribution in [0.25, 0.3) is 0 Å². The predicted octanol–water partition coefficient (Wildman–Crippen LogP) is 3.23. The number of hydrogen-bond donors (Lipinski definition) is 1. The lowest BCUT2D eigenvalue weighted by molar-refractivity contribution is 0.535. The van der Waals surface area contributed by atoms with E-state index in [9.17, 15) is 0 Å². The summed E-state index contributed by atoms with van der Waals surface area (Å²) in [6.07, 6.45) is 1.28. The second-order valence-electron chi connectivity index (χ2n) is 4.28. The second-order valence-corrected chi connectivity index (χ2v) is 6.10. The maximum Gasteiger partial charge on any atom is 0.0438 e. The van der Waals surface area contributed by atoms with Crippen LogP contribution in [0.15, 0.2) is 30.3 Å². The molecular weight excluding hydrogens is 202 g/mol. The van der Waals surface area contributed by atoms with Crippen LogP contribution in [0.4, 0.5) is 0 Å². The summed E-state index contributed by atoms with van der Waals surface area (Å²) in [6, 6.07) is 11.3. The normalized spacial score (nSPS) is 32.3. The first-order valence-electron chi connectivity index (χ1n) is 5.71. The zero-order valence-electron chi connectivity index (χ0n) is 9.44. The Bertz CT molecular complexity index is 299. The Morgan fingerprint density at radius 1 is 1.20 bits per heavy atom. The minimum absolute atomic E-state index is 0.515. The molecule has 0 amide bonds. The van der Waals surface area contributed by atoms with Crippen LogP contribution in [0.5, 0.6) is 0 Å². The van der Waals surface area contributed by atoms with Crippen molar-refractivity contribution in [3.63, 3.8) is 0 Å². The van der Waals surface area contributed by atoms with Gasteiger partial charge in [0.15, 0.2) is 0 Å². The topological polar surface area (TPSA) is 12.0 Å². The molecule has 0 bridgehead atoms. The highest BCUT2D eigenvalue weighted by Gasteiger charge is 2.24. The first kappa shape index (κ1) is 11.0. The van der Waals surface area contributed by atoms with Crippen LogP contribution in [-0.4, -0.2) is 17.0 Å². The molecule has 3 atom stereocenters. The highest BCUT2D eigenvalue weighted by atomic mass is 32.2. The Labute approximate surface area is 96.7 Å². The summed E-state index contributed by atoms with van der Waals surface area (Å²) in [4.78, 5) is 0. The van der Waals surface area contributed by atoms with Crippen LogP contribution in [0.2, 0.25) is 0 Å². The monoisotopic (exact) mass is 221 g/mol. The van der Waals surface area contributed by atoms with Crippen molar-refractivity contribution in [3.8, 4) is 0 Å². The fourth-order valence-electron chi connectivity index (χ4n) is 2.17. The fraction of sp³-hybridized carbons (Fsp3) is 0.538. The first-order chi connectivity index (χ1) is 7.27. The standard InChI is InChI=1S/C13H19NS/c1-10-8-9-14-13(11(2)15-10)12-6-4-3-5-7-12/h3-7,10-11,13-14H,8-9H2,1-2H3. The van der Waals surface area contributed by atoms with E-state index in [4.69, 9.17) is 0 Å². The van der Waals surface area contributed by atoms with Crippen molar-refractivity contribution in [1.29, 1.82) is 0 Å². The van der Waals surface area contributed by atoms with E-state index in [1.165, 1.54) is 12.0 Å². The minimum Gasteiger partial charge on any atom is -0.309 e. The number of nitrogens with one attached hydrogen (secondary N) is 1. The van der Waals surface area contributed by atoms with Gasteiger partial charge in [0.1, 0.15) is 0 Å². The Morgan fingerprint density at radius 2 is 1.93 bits per heavy atom. The van der Waals surface area contributed by atoms with Gasteiger partial charge in [0, 0.05) is 16.5 Å². The lowest BCUT2D eigenvalue weighted by atomic mass is 10.0. The zero-order valence-corrected chi connectivity index (χ0v) is 10.3. The minimum atomic E-state index is 0.515. The summed E-state index contributed by atoms with van der Waals surface area (Å²) >= 11 is 2.10. The molecule has 15 heavy (non-hydrogen) atoms. The molecule has 1 aliphatic heterocycles. The molecule has 1 aromatic carbocycles. The summed E-state index contributed by atoms with van der Waals surface area (Å²) in [5, 5.41) is 5.09. The summed E-state index contributed by atoms with van der Waals surface area (Å²) in [5.74, 6) is 0. The lowest BCUT2D eigenvalue weighted by Crippen LogP contribution is -2.27. The van der Waals surface area contributed by atoms with Gasteiger partial charge >= 0.3 is 0 Å². The van der Waals surface area contributed by atoms with Gasteiger partial charge in [-0.05, 0) is 18.5 Å². The smallest absolute Gasteiger partial charge is 0.0438 e. The fourth-order valence-corrected chi connectivity index (χ4v) is 3.57. The van der Waals surface area contributed by atoms with E-state index >= 15 is 0 Å². The Kier molecular flexibility index (Phi) is 3.71. The van der Waals surface area contributed by atoms with Gasteiger partial charge < -0.3 is 5.32 Å². The summed E-state index contributed by atoms with van der Waals surface area (Å²) in [5.41, 5.74) is 1.42. The third-order valence-corrected chi connectivity index (χ3v) is 4.39. The molecule has 1 saturated heterocycles. The maximum atomic E-state index is 3.66. The van der Waals surface area contributed by atoms with Crippen molar-refractivity contribution in [2.24, 2.45) is 0 Å². The zero-order chi connectivity index (χ0) is 10.7. The molecule has 1 heterocycles. The van der Waals surface area contributed by atoms with E-state index in [1.807, 2.05) is 0 Å². The largest absolute Gasteiger partial charge is 0.309 e. The van der Waals surface area contributed by atoms with Crippen molar-refractivity contribution in [2.75, 3.05) is 6.54 Å². The molecular formula is C13H19NS. The molecule has 1 nitrogen and oxygen atoms in total. The third kappa shape index (κ3) is 2.76. The summed E-state index contributed by atoms with van der Waals surface area (Å²) < 4.78 is 0. The predicted molar refractivity (Wildman–Crippen MR) is 68.3 cm³/mol. The van der Waals surface area contributed by atoms with E-state index in [1.54, 1.807) is 0 Å². The Hall–Kier alpha value is -0.470. The van der Waals surface area contributed by atoms with Gasteiger partial charge in [0.2, 0.25) is 0 Å². The second kappa shape index (κ2) is 5.04. The highest BCUT2D eigenvalue weighted by Crippen LogP contribution is 2.32. The molecule has 1 aliphatic rings. The van der Waals surface area contributed by atoms with Crippen LogP contribution >= 0.6 is 11.8 Å². The van der Waals surface area contributed by atoms with Crippen LogP contribution in [0.3, 0.4) is 0 Å². The highest BCUT2D eigenvalue weighted by molar-refractivity contribution is 8.00. The van der Waals surface area contributed by atoms with Gasteiger partial charge in [0.25, 0.3) is 0 Å². The number of rotatable bonds is 1. The molecule has 1 N–H and O–H groups in total. The quantitative estimate of drug-likeness (QED) is 0.781. The number of benzene rings is 1. The lowest BCUT2D eigenvalue weighted by Gasteiger charge is -2.23. The van der Waals surface area contributed by atoms with Gasteiger partial charge in [0.05, 0.1) is 0 Å². The molecule has 0 aromatic heterocycles. The Balaban J connectivity index is 2.14. The Morgan fingerprint density at radius 3 is 2.67 bits per heavy atom. The van der Waals surface area contributed by atoms with Crippen molar-refractivity contribution < 1.29 is 0 Å². The third-order valence-electron chi connectivity index (χ3n) is 2.99. The van der Waals surface area contributed by atoms with Gasteiger partial charge in [-0.25, -0.2) is 0 Å². The average Bonchev–Trinajstić information content (AvgIpc) is 2.40. The van der Waals surface area contributed by atoms with E-state index < -0.39 is 0 Å². The molecule has 1 fully saturated rings. The van der Waals surface area contributed by atoms with Crippen molar-refractivity contribution in [1.82, 2.24) is 5.32 Å². The van der Waals surface area contributed by atoms with Crippen molar-refractivity contribution in [2.45, 2.75) is 36.8 Å². The van der Waals surface area contributed by atoms with Gasteiger partial charge in [-0.3, -0.25) is 0 Å². The number of hydrogen-bond acceptors (Lipinski definition) is 2. The maximum absolute atomic E-state index is 3.66. The van der Waals surface area contributed by atoms with E-state index in [2.05, 4.69) is 61.3 Å². The summed E-state index contributed by atoms with van der Waals surface area (Å²) in [7, 11) is 0. The van der Waals surface area contributed by atoms with E-state index in [0.29, 0.717) is 11.3 Å². The summed E-state index contributed by atoms with van der Waals surface area (Å²) in [6.45, 7) is 5.80. The molecule has 0 aliphatic carbocycles. The molecule has 0 saturated carbocycles. The molecule has 3 unspecified atom stereocenters. The van der Waals surface area contributed by atoms with Gasteiger partial charge in [-0.15, -0.1) is 0 Å².